The fourth-order valence-corrected chi connectivity index (χ4v) is 3.90. The van der Waals surface area contributed by atoms with Crippen LogP contribution in [0.3, 0.4) is 0 Å². The molecular weight excluding hydrogens is 420 g/mol. The number of carbonyl (C=O) groups is 2. The Morgan fingerprint density at radius 2 is 1.79 bits per heavy atom. The van der Waals surface area contributed by atoms with Crippen molar-refractivity contribution in [1.82, 2.24) is 15.2 Å². The van der Waals surface area contributed by atoms with Crippen LogP contribution in [0, 0.1) is 0 Å². The molecule has 1 aliphatic heterocycles. The molecule has 0 aliphatic carbocycles. The van der Waals surface area contributed by atoms with E-state index >= 15 is 0 Å². The molecule has 0 spiro atoms. The summed E-state index contributed by atoms with van der Waals surface area (Å²) in [4.78, 5) is 34.4. The summed E-state index contributed by atoms with van der Waals surface area (Å²) in [7, 11) is 0. The van der Waals surface area contributed by atoms with Crippen molar-refractivity contribution < 1.29 is 18.7 Å². The molecule has 1 saturated heterocycles. The fraction of sp³-hybridized carbons (Fsp3) is 0.320. The third-order valence-electron chi connectivity index (χ3n) is 5.63. The number of nitrogens with zero attached hydrogens (tertiary/aromatic N) is 3. The maximum Gasteiger partial charge on any atom is 0.273 e. The smallest absolute Gasteiger partial charge is 0.273 e. The Bertz CT molecular complexity index is 1080. The van der Waals surface area contributed by atoms with E-state index in [0.29, 0.717) is 37.4 Å². The monoisotopic (exact) mass is 448 g/mol. The fourth-order valence-electron chi connectivity index (χ4n) is 3.90. The van der Waals surface area contributed by atoms with E-state index in [1.165, 1.54) is 6.39 Å². The maximum atomic E-state index is 13.5. The number of carbonyl (C=O) groups excluding carboxylic acids is 2. The number of amides is 2. The van der Waals surface area contributed by atoms with Gasteiger partial charge in [0.15, 0.2) is 17.8 Å². The zero-order chi connectivity index (χ0) is 23.0. The number of ether oxygens (including phenoxy) is 1. The Kier molecular flexibility index (Phi) is 7.49. The first-order valence-corrected chi connectivity index (χ1v) is 11.2. The third-order valence-corrected chi connectivity index (χ3v) is 5.63. The topological polar surface area (TPSA) is 87.9 Å². The number of hydrogen-bond donors (Lipinski definition) is 1. The zero-order valence-electron chi connectivity index (χ0n) is 18.7. The molecule has 8 heteroatoms. The largest absolute Gasteiger partial charge is 0.443 e. The molecule has 2 aromatic carbocycles. The zero-order valence-corrected chi connectivity index (χ0v) is 18.7. The molecule has 0 saturated carbocycles. The SMILES string of the molecule is CCN(C(=O)c1ccccc1-c1ocnc1C(=O)NCCN1CCOCC1)c1ccccc1. The van der Waals surface area contributed by atoms with Crippen molar-refractivity contribution in [3.05, 3.63) is 72.2 Å². The van der Waals surface area contributed by atoms with Gasteiger partial charge in [0, 0.05) is 44.0 Å². The van der Waals surface area contributed by atoms with Gasteiger partial charge in [-0.3, -0.25) is 14.5 Å². The average Bonchev–Trinajstić information content (AvgIpc) is 3.36. The normalized spacial score (nSPS) is 14.1. The second-order valence-corrected chi connectivity index (χ2v) is 7.67. The van der Waals surface area contributed by atoms with Crippen LogP contribution in [0.2, 0.25) is 0 Å². The van der Waals surface area contributed by atoms with Gasteiger partial charge in [0.2, 0.25) is 0 Å². The molecule has 1 N–H and O–H groups in total. The van der Waals surface area contributed by atoms with E-state index in [1.54, 1.807) is 23.1 Å². The van der Waals surface area contributed by atoms with Crippen molar-refractivity contribution in [2.45, 2.75) is 6.92 Å². The number of benzene rings is 2. The molecule has 0 radical (unpaired) electrons. The Labute approximate surface area is 193 Å². The molecule has 1 aromatic heterocycles. The van der Waals surface area contributed by atoms with Gasteiger partial charge in [-0.15, -0.1) is 0 Å². The lowest BCUT2D eigenvalue weighted by Crippen LogP contribution is -2.41. The minimum absolute atomic E-state index is 0.167. The van der Waals surface area contributed by atoms with Crippen LogP contribution in [0.1, 0.15) is 27.8 Å². The minimum Gasteiger partial charge on any atom is -0.443 e. The van der Waals surface area contributed by atoms with Gasteiger partial charge >= 0.3 is 0 Å². The number of para-hydroxylation sites is 1. The predicted octanol–water partition coefficient (Wildman–Crippen LogP) is 3.07. The first-order valence-electron chi connectivity index (χ1n) is 11.2. The Morgan fingerprint density at radius 3 is 2.55 bits per heavy atom. The quantitative estimate of drug-likeness (QED) is 0.570. The van der Waals surface area contributed by atoms with Crippen LogP contribution < -0.4 is 10.2 Å². The number of oxazole rings is 1. The highest BCUT2D eigenvalue weighted by molar-refractivity contribution is 6.11. The minimum atomic E-state index is -0.329. The summed E-state index contributed by atoms with van der Waals surface area (Å²) >= 11 is 0. The van der Waals surface area contributed by atoms with Gasteiger partial charge < -0.3 is 19.4 Å². The van der Waals surface area contributed by atoms with Gasteiger partial charge in [-0.2, -0.15) is 0 Å². The van der Waals surface area contributed by atoms with Crippen molar-refractivity contribution in [3.63, 3.8) is 0 Å². The molecule has 2 heterocycles. The number of rotatable bonds is 8. The number of aromatic nitrogens is 1. The molecule has 3 aromatic rings. The molecule has 2 amide bonds. The van der Waals surface area contributed by atoms with Crippen LogP contribution in [0.25, 0.3) is 11.3 Å². The van der Waals surface area contributed by atoms with Crippen molar-refractivity contribution in [2.24, 2.45) is 0 Å². The summed E-state index contributed by atoms with van der Waals surface area (Å²) in [6, 6.07) is 16.6. The van der Waals surface area contributed by atoms with Crippen molar-refractivity contribution in [1.29, 1.82) is 0 Å². The van der Waals surface area contributed by atoms with Gasteiger partial charge in [0.25, 0.3) is 11.8 Å². The molecule has 1 aliphatic rings. The number of nitrogens with one attached hydrogen (secondary N) is 1. The lowest BCUT2D eigenvalue weighted by atomic mass is 10.0. The Hall–Kier alpha value is -3.49. The average molecular weight is 449 g/mol. The van der Waals surface area contributed by atoms with Gasteiger partial charge in [-0.05, 0) is 25.1 Å². The molecule has 0 unspecified atom stereocenters. The Morgan fingerprint density at radius 1 is 1.06 bits per heavy atom. The van der Waals surface area contributed by atoms with E-state index in [-0.39, 0.29) is 23.3 Å². The molecule has 33 heavy (non-hydrogen) atoms. The summed E-state index contributed by atoms with van der Waals surface area (Å²) < 4.78 is 11.0. The van der Waals surface area contributed by atoms with E-state index < -0.39 is 0 Å². The third kappa shape index (κ3) is 5.30. The van der Waals surface area contributed by atoms with E-state index in [2.05, 4.69) is 15.2 Å². The standard InChI is InChI=1S/C25H28N4O4/c1-2-29(19-8-4-3-5-9-19)25(31)21-11-7-6-10-20(21)23-22(27-18-33-23)24(30)26-12-13-28-14-16-32-17-15-28/h3-11,18H,2,12-17H2,1H3,(H,26,30). The van der Waals surface area contributed by atoms with Crippen molar-refractivity contribution >= 4 is 17.5 Å². The molecule has 1 fully saturated rings. The highest BCUT2D eigenvalue weighted by Crippen LogP contribution is 2.29. The van der Waals surface area contributed by atoms with Gasteiger partial charge in [-0.1, -0.05) is 36.4 Å². The van der Waals surface area contributed by atoms with Crippen molar-refractivity contribution in [2.75, 3.05) is 50.8 Å². The predicted molar refractivity (Wildman–Crippen MR) is 125 cm³/mol. The van der Waals surface area contributed by atoms with Gasteiger partial charge in [0.05, 0.1) is 18.8 Å². The van der Waals surface area contributed by atoms with E-state index in [9.17, 15) is 9.59 Å². The summed E-state index contributed by atoms with van der Waals surface area (Å²) in [5.74, 6) is -0.217. The van der Waals surface area contributed by atoms with E-state index in [1.807, 2.05) is 43.3 Å². The number of morpholine rings is 1. The van der Waals surface area contributed by atoms with Crippen molar-refractivity contribution in [3.8, 4) is 11.3 Å². The number of hydrogen-bond acceptors (Lipinski definition) is 6. The van der Waals surface area contributed by atoms with E-state index in [4.69, 9.17) is 9.15 Å². The molecule has 8 nitrogen and oxygen atoms in total. The second-order valence-electron chi connectivity index (χ2n) is 7.67. The van der Waals surface area contributed by atoms with Crippen LogP contribution in [0.5, 0.6) is 0 Å². The van der Waals surface area contributed by atoms with Crippen LogP contribution in [0.4, 0.5) is 5.69 Å². The van der Waals surface area contributed by atoms with Gasteiger partial charge in [0.1, 0.15) is 0 Å². The Balaban J connectivity index is 1.53. The van der Waals surface area contributed by atoms with E-state index in [0.717, 1.165) is 25.3 Å². The molecular formula is C25H28N4O4. The first kappa shape index (κ1) is 22.7. The lowest BCUT2D eigenvalue weighted by Gasteiger charge is -2.26. The van der Waals surface area contributed by atoms with Crippen LogP contribution in [0.15, 0.2) is 65.4 Å². The highest BCUT2D eigenvalue weighted by atomic mass is 16.5. The summed E-state index contributed by atoms with van der Waals surface area (Å²) in [5.41, 5.74) is 1.95. The number of anilines is 1. The molecule has 4 rings (SSSR count). The highest BCUT2D eigenvalue weighted by Gasteiger charge is 2.25. The summed E-state index contributed by atoms with van der Waals surface area (Å²) in [5, 5.41) is 2.91. The molecule has 172 valence electrons. The van der Waals surface area contributed by atoms with Crippen LogP contribution >= 0.6 is 0 Å². The summed E-state index contributed by atoms with van der Waals surface area (Å²) in [6.07, 6.45) is 1.24. The van der Waals surface area contributed by atoms with Crippen LogP contribution in [-0.4, -0.2) is 67.6 Å². The molecule has 0 bridgehead atoms. The van der Waals surface area contributed by atoms with Crippen LogP contribution in [-0.2, 0) is 4.74 Å². The molecule has 0 atom stereocenters. The maximum absolute atomic E-state index is 13.5. The first-order chi connectivity index (χ1) is 16.2. The second kappa shape index (κ2) is 10.9. The lowest BCUT2D eigenvalue weighted by molar-refractivity contribution is 0.0383. The van der Waals surface area contributed by atoms with Gasteiger partial charge in [-0.25, -0.2) is 4.98 Å². The summed E-state index contributed by atoms with van der Waals surface area (Å²) in [6.45, 7) is 6.79.